The van der Waals surface area contributed by atoms with Gasteiger partial charge in [0.25, 0.3) is 0 Å². The largest absolute Gasteiger partial charge is 0.436 e. The Bertz CT molecular complexity index is 983. The van der Waals surface area contributed by atoms with Gasteiger partial charge in [-0.25, -0.2) is 13.1 Å². The van der Waals surface area contributed by atoms with Crippen molar-refractivity contribution < 1.29 is 21.6 Å². The minimum atomic E-state index is -4.61. The molecule has 1 heterocycles. The molecule has 1 aliphatic rings. The number of hydrogen-bond acceptors (Lipinski definition) is 3. The summed E-state index contributed by atoms with van der Waals surface area (Å²) in [6.07, 6.45) is -2.76. The van der Waals surface area contributed by atoms with E-state index < -0.39 is 21.9 Å². The van der Waals surface area contributed by atoms with E-state index in [2.05, 4.69) is 9.82 Å². The van der Waals surface area contributed by atoms with Gasteiger partial charge in [0.1, 0.15) is 0 Å². The van der Waals surface area contributed by atoms with Crippen molar-refractivity contribution in [1.29, 1.82) is 0 Å². The monoisotopic (exact) mass is 435 g/mol. The maximum Gasteiger partial charge on any atom is 0.436 e. The molecular weight excluding hydrogens is 415 g/mol. The predicted molar refractivity (Wildman–Crippen MR) is 99.9 cm³/mol. The number of nitrogens with one attached hydrogen (secondary N) is 1. The second-order valence-corrected chi connectivity index (χ2v) is 9.18. The zero-order valence-corrected chi connectivity index (χ0v) is 17.0. The molecule has 0 amide bonds. The fraction of sp³-hybridized carbons (Fsp3) is 0.500. The quantitative estimate of drug-likeness (QED) is 0.655. The maximum atomic E-state index is 13.1. The molecule has 3 rings (SSSR count). The van der Waals surface area contributed by atoms with Gasteiger partial charge in [-0.1, -0.05) is 29.3 Å². The van der Waals surface area contributed by atoms with Crippen molar-refractivity contribution in [2.45, 2.75) is 56.6 Å². The molecule has 1 N–H and O–H groups in total. The molecule has 1 saturated carbocycles. The Kier molecular flexibility index (Phi) is 5.80. The molecule has 0 aliphatic heterocycles. The number of hydrogen-bond donors (Lipinski definition) is 1. The summed E-state index contributed by atoms with van der Waals surface area (Å²) in [5, 5.41) is 3.30. The first-order valence-electron chi connectivity index (χ1n) is 8.91. The van der Waals surface area contributed by atoms with Gasteiger partial charge in [-0.05, 0) is 44.7 Å². The Morgan fingerprint density at radius 1 is 1.29 bits per heavy atom. The fourth-order valence-electron chi connectivity index (χ4n) is 3.17. The molecule has 10 heteroatoms. The van der Waals surface area contributed by atoms with Crippen molar-refractivity contribution in [3.8, 4) is 0 Å². The van der Waals surface area contributed by atoms with Crippen molar-refractivity contribution in [1.82, 2.24) is 14.5 Å². The van der Waals surface area contributed by atoms with Crippen molar-refractivity contribution in [3.05, 3.63) is 45.7 Å². The summed E-state index contributed by atoms with van der Waals surface area (Å²) in [6.45, 7) is 3.82. The van der Waals surface area contributed by atoms with E-state index in [1.165, 1.54) is 4.68 Å². The fourth-order valence-corrected chi connectivity index (χ4v) is 4.86. The van der Waals surface area contributed by atoms with Crippen LogP contribution in [-0.2, 0) is 22.7 Å². The topological polar surface area (TPSA) is 64.0 Å². The van der Waals surface area contributed by atoms with E-state index >= 15 is 0 Å². The van der Waals surface area contributed by atoms with Gasteiger partial charge in [0.2, 0.25) is 10.0 Å². The Morgan fingerprint density at radius 3 is 2.54 bits per heavy atom. The van der Waals surface area contributed by atoms with Crippen LogP contribution in [0, 0.1) is 13.8 Å². The van der Waals surface area contributed by atoms with Gasteiger partial charge in [0, 0.05) is 19.0 Å². The molecule has 5 nitrogen and oxygen atoms in total. The van der Waals surface area contributed by atoms with Crippen LogP contribution in [-0.4, -0.2) is 24.7 Å². The number of aryl methyl sites for hydroxylation is 3. The number of rotatable bonds is 7. The van der Waals surface area contributed by atoms with Crippen LogP contribution in [0.2, 0.25) is 5.02 Å². The van der Waals surface area contributed by atoms with Crippen molar-refractivity contribution in [2.75, 3.05) is 6.54 Å². The molecule has 1 aromatic heterocycles. The number of benzene rings is 1. The van der Waals surface area contributed by atoms with Gasteiger partial charge in [-0.15, -0.1) is 0 Å². The average molecular weight is 436 g/mol. The van der Waals surface area contributed by atoms with Gasteiger partial charge in [0.15, 0.2) is 5.69 Å². The molecule has 28 heavy (non-hydrogen) atoms. The van der Waals surface area contributed by atoms with Crippen LogP contribution in [0.3, 0.4) is 0 Å². The first-order valence-corrected chi connectivity index (χ1v) is 10.8. The Hall–Kier alpha value is -1.58. The van der Waals surface area contributed by atoms with Gasteiger partial charge < -0.3 is 0 Å². The molecule has 2 aromatic rings. The van der Waals surface area contributed by atoms with Crippen LogP contribution in [0.5, 0.6) is 0 Å². The Morgan fingerprint density at radius 2 is 1.96 bits per heavy atom. The van der Waals surface area contributed by atoms with Crippen LogP contribution >= 0.6 is 11.6 Å². The van der Waals surface area contributed by atoms with Crippen molar-refractivity contribution >= 4 is 21.6 Å². The summed E-state index contributed by atoms with van der Waals surface area (Å²) in [5.41, 5.74) is 0.912. The molecule has 0 spiro atoms. The zero-order chi connectivity index (χ0) is 20.7. The SMILES string of the molecule is Cc1ccc(S(=O)(=O)NCCCn2nc(C(F)(F)F)c(Cl)c2C2CC2)c(C)c1. The van der Waals surface area contributed by atoms with E-state index in [0.29, 0.717) is 17.7 Å². The van der Waals surface area contributed by atoms with E-state index in [-0.39, 0.29) is 28.9 Å². The lowest BCUT2D eigenvalue weighted by Gasteiger charge is -2.11. The molecular formula is C18H21ClF3N3O2S. The summed E-state index contributed by atoms with van der Waals surface area (Å²) in [6, 6.07) is 5.04. The number of sulfonamides is 1. The summed E-state index contributed by atoms with van der Waals surface area (Å²) < 4.78 is 67.9. The van der Waals surface area contributed by atoms with Crippen LogP contribution < -0.4 is 4.72 Å². The van der Waals surface area contributed by atoms with Crippen LogP contribution in [0.1, 0.15) is 47.7 Å². The molecule has 0 bridgehead atoms. The lowest BCUT2D eigenvalue weighted by atomic mass is 10.2. The molecule has 1 aromatic carbocycles. The first kappa shape index (κ1) is 21.1. The standard InChI is InChI=1S/C18H21ClF3N3O2S/c1-11-4-7-14(12(2)10-11)28(26,27)23-8-3-9-25-16(13-5-6-13)15(19)17(24-25)18(20,21)22/h4,7,10,13,23H,3,5-6,8-9H2,1-2H3. The Labute approximate surface area is 166 Å². The number of halogens is 4. The van der Waals surface area contributed by atoms with Gasteiger partial charge >= 0.3 is 6.18 Å². The van der Waals surface area contributed by atoms with Gasteiger partial charge in [-0.3, -0.25) is 4.68 Å². The highest BCUT2D eigenvalue weighted by Gasteiger charge is 2.41. The molecule has 0 saturated heterocycles. The number of alkyl halides is 3. The second-order valence-electron chi connectivity index (χ2n) is 7.06. The van der Waals surface area contributed by atoms with E-state index in [0.717, 1.165) is 18.4 Å². The highest BCUT2D eigenvalue weighted by Crippen LogP contribution is 2.46. The van der Waals surface area contributed by atoms with Crippen molar-refractivity contribution in [3.63, 3.8) is 0 Å². The Balaban J connectivity index is 1.67. The zero-order valence-electron chi connectivity index (χ0n) is 15.5. The molecule has 1 aliphatic carbocycles. The highest BCUT2D eigenvalue weighted by molar-refractivity contribution is 7.89. The smallest absolute Gasteiger partial charge is 0.267 e. The molecule has 1 fully saturated rings. The third kappa shape index (κ3) is 4.52. The van der Waals surface area contributed by atoms with E-state index in [1.54, 1.807) is 25.1 Å². The first-order chi connectivity index (χ1) is 13.0. The molecule has 0 unspecified atom stereocenters. The normalized spacial score (nSPS) is 15.2. The maximum absolute atomic E-state index is 13.1. The summed E-state index contributed by atoms with van der Waals surface area (Å²) >= 11 is 5.93. The van der Waals surface area contributed by atoms with E-state index in [1.807, 2.05) is 6.92 Å². The predicted octanol–water partition coefficient (Wildman–Crippen LogP) is 4.42. The third-order valence-electron chi connectivity index (χ3n) is 4.62. The molecule has 0 radical (unpaired) electrons. The lowest BCUT2D eigenvalue weighted by molar-refractivity contribution is -0.141. The van der Waals surface area contributed by atoms with Gasteiger partial charge in [0.05, 0.1) is 15.6 Å². The van der Waals surface area contributed by atoms with Crippen LogP contribution in [0.4, 0.5) is 13.2 Å². The summed E-state index contributed by atoms with van der Waals surface area (Å²) in [4.78, 5) is 0.193. The van der Waals surface area contributed by atoms with E-state index in [4.69, 9.17) is 11.6 Å². The number of nitrogens with zero attached hydrogens (tertiary/aromatic N) is 2. The lowest BCUT2D eigenvalue weighted by Crippen LogP contribution is -2.26. The van der Waals surface area contributed by atoms with E-state index in [9.17, 15) is 21.6 Å². The molecule has 0 atom stereocenters. The average Bonchev–Trinajstić information content (AvgIpc) is 3.33. The van der Waals surface area contributed by atoms with Crippen LogP contribution in [0.25, 0.3) is 0 Å². The van der Waals surface area contributed by atoms with Gasteiger partial charge in [-0.2, -0.15) is 18.3 Å². The minimum Gasteiger partial charge on any atom is -0.267 e. The third-order valence-corrected chi connectivity index (χ3v) is 6.62. The highest BCUT2D eigenvalue weighted by atomic mass is 35.5. The van der Waals surface area contributed by atoms with Crippen LogP contribution in [0.15, 0.2) is 23.1 Å². The minimum absolute atomic E-state index is 0.0111. The van der Waals surface area contributed by atoms with Crippen molar-refractivity contribution in [2.24, 2.45) is 0 Å². The molecule has 154 valence electrons. The summed E-state index contributed by atoms with van der Waals surface area (Å²) in [5.74, 6) is -0.0111. The summed E-state index contributed by atoms with van der Waals surface area (Å²) in [7, 11) is -3.69. The number of aromatic nitrogens is 2. The second kappa shape index (κ2) is 7.68.